The number of hydrogen-bond donors (Lipinski definition) is 0. The fourth-order valence-electron chi connectivity index (χ4n) is 0. The zero-order chi connectivity index (χ0) is 0. The summed E-state index contributed by atoms with van der Waals surface area (Å²) in [4.78, 5) is 0. The second-order valence-electron chi connectivity index (χ2n) is 0. The zero-order valence-corrected chi connectivity index (χ0v) is 9.97. The fourth-order valence-corrected chi connectivity index (χ4v) is 0. The summed E-state index contributed by atoms with van der Waals surface area (Å²) in [5, 5.41) is 0. The number of rotatable bonds is 0. The van der Waals surface area contributed by atoms with Crippen molar-refractivity contribution in [3.63, 3.8) is 0 Å². The predicted octanol–water partition coefficient (Wildman–Crippen LogP) is 0.163. The van der Waals surface area contributed by atoms with Crippen LogP contribution in [0.25, 0.3) is 0 Å². The summed E-state index contributed by atoms with van der Waals surface area (Å²) in [5.74, 6) is 0. The maximum atomic E-state index is 0. The fraction of sp³-hybridized carbons (Fsp3) is 0. The molecule has 0 aliphatic rings. The molecule has 37 valence electrons. The van der Waals surface area contributed by atoms with Gasteiger partial charge in [0.1, 0.15) is 0 Å². The van der Waals surface area contributed by atoms with Crippen molar-refractivity contribution < 1.29 is 52.7 Å². The Labute approximate surface area is 75.6 Å². The van der Waals surface area contributed by atoms with Gasteiger partial charge < -0.3 is 0 Å². The molecule has 0 saturated heterocycles. The molecule has 0 nitrogen and oxygen atoms in total. The molecule has 0 aliphatic heterocycles. The van der Waals surface area contributed by atoms with E-state index in [0.29, 0.717) is 0 Å². The standard InChI is InChI=1S/Co.Ni.H3P.H2S.Zn/h;;1H3;1H2;. The van der Waals surface area contributed by atoms with Crippen molar-refractivity contribution in [2.75, 3.05) is 0 Å². The topological polar surface area (TPSA) is 0 Å². The van der Waals surface area contributed by atoms with E-state index in [2.05, 4.69) is 0 Å². The summed E-state index contributed by atoms with van der Waals surface area (Å²) in [7, 11) is 0. The van der Waals surface area contributed by atoms with Gasteiger partial charge in [-0.15, -0.1) is 0 Å². The minimum atomic E-state index is 0. The SMILES string of the molecule is P.S.[Co].[Ni].[Zn]. The Morgan fingerprint density at radius 2 is 1.00 bits per heavy atom. The van der Waals surface area contributed by atoms with E-state index >= 15 is 0 Å². The summed E-state index contributed by atoms with van der Waals surface area (Å²) in [6, 6.07) is 0. The molecule has 0 saturated carbocycles. The molecular formula is H5CoNiPSZn. The minimum absolute atomic E-state index is 0. The molecule has 1 radical (unpaired) electrons. The molecule has 0 aromatic heterocycles. The normalized spacial score (nSPS) is 0. The Morgan fingerprint density at radius 3 is 1.00 bits per heavy atom. The van der Waals surface area contributed by atoms with Crippen LogP contribution in [-0.4, -0.2) is 0 Å². The maximum absolute atomic E-state index is 0. The van der Waals surface area contributed by atoms with Gasteiger partial charge in [-0.1, -0.05) is 0 Å². The van der Waals surface area contributed by atoms with Crippen LogP contribution in [0.1, 0.15) is 0 Å². The molecule has 1 unspecified atom stereocenters. The van der Waals surface area contributed by atoms with Crippen molar-refractivity contribution in [1.29, 1.82) is 0 Å². The van der Waals surface area contributed by atoms with Gasteiger partial charge in [0, 0.05) is 52.7 Å². The molecule has 0 fully saturated rings. The van der Waals surface area contributed by atoms with Gasteiger partial charge in [-0.05, 0) is 0 Å². The Morgan fingerprint density at radius 1 is 1.00 bits per heavy atom. The van der Waals surface area contributed by atoms with Crippen LogP contribution in [0, 0.1) is 0 Å². The third-order valence-electron chi connectivity index (χ3n) is 0. The smallest absolute Gasteiger partial charge is 0 e. The maximum Gasteiger partial charge on any atom is 0 e. The molecule has 0 aromatic carbocycles. The van der Waals surface area contributed by atoms with Crippen molar-refractivity contribution in [3.8, 4) is 0 Å². The van der Waals surface area contributed by atoms with Crippen molar-refractivity contribution in [2.45, 2.75) is 0 Å². The van der Waals surface area contributed by atoms with Crippen LogP contribution in [0.15, 0.2) is 0 Å². The van der Waals surface area contributed by atoms with E-state index in [-0.39, 0.29) is 76.1 Å². The van der Waals surface area contributed by atoms with Crippen LogP contribution >= 0.6 is 23.4 Å². The molecule has 0 aromatic rings. The van der Waals surface area contributed by atoms with Crippen LogP contribution < -0.4 is 0 Å². The van der Waals surface area contributed by atoms with E-state index in [1.165, 1.54) is 0 Å². The summed E-state index contributed by atoms with van der Waals surface area (Å²) >= 11 is 0. The average Bonchev–Trinajstić information content (AvgIpc) is 0. The molecule has 5 heavy (non-hydrogen) atoms. The molecule has 5 heteroatoms. The monoisotopic (exact) mass is 249 g/mol. The van der Waals surface area contributed by atoms with Gasteiger partial charge >= 0.3 is 0 Å². The van der Waals surface area contributed by atoms with Crippen LogP contribution in [-0.2, 0) is 52.7 Å². The molecule has 1 atom stereocenters. The van der Waals surface area contributed by atoms with Gasteiger partial charge in [-0.3, -0.25) is 0 Å². The van der Waals surface area contributed by atoms with Crippen LogP contribution in [0.2, 0.25) is 0 Å². The van der Waals surface area contributed by atoms with E-state index in [4.69, 9.17) is 0 Å². The van der Waals surface area contributed by atoms with E-state index in [1.54, 1.807) is 0 Å². The van der Waals surface area contributed by atoms with Gasteiger partial charge in [0.05, 0.1) is 0 Å². The van der Waals surface area contributed by atoms with Gasteiger partial charge in [-0.25, -0.2) is 0 Å². The Hall–Kier alpha value is 2.40. The summed E-state index contributed by atoms with van der Waals surface area (Å²) < 4.78 is 0. The first-order valence-corrected chi connectivity index (χ1v) is 0. The molecule has 0 aliphatic carbocycles. The molecule has 0 N–H and O–H groups in total. The molecule has 0 rings (SSSR count). The molecular weight excluding hydrogens is 246 g/mol. The van der Waals surface area contributed by atoms with Gasteiger partial charge in [0.25, 0.3) is 0 Å². The van der Waals surface area contributed by atoms with E-state index in [1.807, 2.05) is 0 Å². The minimum Gasteiger partial charge on any atom is -0.197 e. The Balaban J connectivity index is 0. The van der Waals surface area contributed by atoms with Crippen LogP contribution in [0.4, 0.5) is 0 Å². The van der Waals surface area contributed by atoms with Gasteiger partial charge in [0.15, 0.2) is 0 Å². The van der Waals surface area contributed by atoms with Crippen molar-refractivity contribution in [1.82, 2.24) is 0 Å². The van der Waals surface area contributed by atoms with Crippen molar-refractivity contribution >= 4 is 23.4 Å². The van der Waals surface area contributed by atoms with E-state index in [9.17, 15) is 0 Å². The molecule has 0 bridgehead atoms. The van der Waals surface area contributed by atoms with Gasteiger partial charge in [0.2, 0.25) is 0 Å². The van der Waals surface area contributed by atoms with Crippen LogP contribution in [0.3, 0.4) is 0 Å². The first-order chi connectivity index (χ1) is 0. The largest absolute Gasteiger partial charge is 0.197 e. The average molecular weight is 251 g/mol. The Kier molecular flexibility index (Phi) is 340. The summed E-state index contributed by atoms with van der Waals surface area (Å²) in [5.41, 5.74) is 0. The van der Waals surface area contributed by atoms with E-state index in [0.717, 1.165) is 0 Å². The molecule has 0 heterocycles. The summed E-state index contributed by atoms with van der Waals surface area (Å²) in [6.07, 6.45) is 0. The van der Waals surface area contributed by atoms with Gasteiger partial charge in [-0.2, -0.15) is 23.4 Å². The third-order valence-corrected chi connectivity index (χ3v) is 0. The van der Waals surface area contributed by atoms with E-state index < -0.39 is 0 Å². The first-order valence-electron chi connectivity index (χ1n) is 0. The zero-order valence-electron chi connectivity index (χ0n) is 2.56. The third kappa shape index (κ3) is 21.5. The van der Waals surface area contributed by atoms with Crippen LogP contribution in [0.5, 0.6) is 0 Å². The quantitative estimate of drug-likeness (QED) is 0.425. The van der Waals surface area contributed by atoms with Crippen molar-refractivity contribution in [2.24, 2.45) is 0 Å². The predicted molar refractivity (Wildman–Crippen MR) is 21.5 cm³/mol. The first kappa shape index (κ1) is 52.6. The van der Waals surface area contributed by atoms with Crippen molar-refractivity contribution in [3.05, 3.63) is 0 Å². The molecule has 0 amide bonds. The Bertz CT molecular complexity index is 11.6. The second kappa shape index (κ2) is 32.4. The summed E-state index contributed by atoms with van der Waals surface area (Å²) in [6.45, 7) is 0. The molecule has 0 spiro atoms. The second-order valence-corrected chi connectivity index (χ2v) is 0. The number of hydrogen-bond acceptors (Lipinski definition) is 0.